The second-order valence-corrected chi connectivity index (χ2v) is 7.52. The van der Waals surface area contributed by atoms with E-state index in [2.05, 4.69) is 40.1 Å². The van der Waals surface area contributed by atoms with Gasteiger partial charge in [-0.25, -0.2) is 18.2 Å². The molecular weight excluding hydrogens is 421 g/mol. The summed E-state index contributed by atoms with van der Waals surface area (Å²) in [5.74, 6) is 0. The summed E-state index contributed by atoms with van der Waals surface area (Å²) >= 11 is 1.64. The van der Waals surface area contributed by atoms with Crippen LogP contribution in [0.5, 0.6) is 0 Å². The second-order valence-electron chi connectivity index (χ2n) is 6.49. The van der Waals surface area contributed by atoms with Crippen LogP contribution in [0.15, 0.2) is 78.8 Å². The lowest BCUT2D eigenvalue weighted by atomic mass is 10.1. The van der Waals surface area contributed by atoms with Crippen molar-refractivity contribution in [3.63, 3.8) is 0 Å². The summed E-state index contributed by atoms with van der Waals surface area (Å²) in [6.45, 7) is 5.53. The molecule has 0 aliphatic heterocycles. The fourth-order valence-electron chi connectivity index (χ4n) is 2.41. The predicted octanol–water partition coefficient (Wildman–Crippen LogP) is 6.01. The fraction of sp³-hybridized carbons (Fsp3) is 0.217. The Bertz CT molecular complexity index is 1040. The zero-order valence-electron chi connectivity index (χ0n) is 17.2. The number of halogens is 3. The number of nitrogens with zero attached hydrogens (tertiary/aromatic N) is 2. The van der Waals surface area contributed by atoms with Gasteiger partial charge in [-0.15, -0.1) is 0 Å². The monoisotopic (exact) mass is 446 g/mol. The van der Waals surface area contributed by atoms with E-state index in [4.69, 9.17) is 5.73 Å². The van der Waals surface area contributed by atoms with E-state index in [0.29, 0.717) is 12.1 Å². The Morgan fingerprint density at radius 3 is 2.74 bits per heavy atom. The molecule has 4 nitrogen and oxygen atoms in total. The number of benzene rings is 1. The minimum atomic E-state index is -2.54. The molecule has 2 aromatic heterocycles. The zero-order chi connectivity index (χ0) is 22.6. The highest BCUT2D eigenvalue weighted by atomic mass is 32.1. The van der Waals surface area contributed by atoms with Gasteiger partial charge in [0.15, 0.2) is 5.13 Å². The van der Waals surface area contributed by atoms with Crippen molar-refractivity contribution in [2.24, 2.45) is 5.73 Å². The van der Waals surface area contributed by atoms with Gasteiger partial charge >= 0.3 is 0 Å². The van der Waals surface area contributed by atoms with Gasteiger partial charge in [0, 0.05) is 42.6 Å². The number of rotatable bonds is 8. The lowest BCUT2D eigenvalue weighted by Crippen LogP contribution is -2.12. The van der Waals surface area contributed by atoms with Crippen molar-refractivity contribution >= 4 is 27.2 Å². The lowest BCUT2D eigenvalue weighted by molar-refractivity contribution is 0.194. The molecule has 0 spiro atoms. The van der Waals surface area contributed by atoms with Gasteiger partial charge in [0.1, 0.15) is 6.67 Å². The largest absolute Gasteiger partial charge is 0.360 e. The van der Waals surface area contributed by atoms with Gasteiger partial charge in [0.2, 0.25) is 0 Å². The molecule has 0 amide bonds. The van der Waals surface area contributed by atoms with Crippen molar-refractivity contribution in [2.75, 3.05) is 25.1 Å². The quantitative estimate of drug-likeness (QED) is 0.416. The summed E-state index contributed by atoms with van der Waals surface area (Å²) in [6.07, 6.45) is 6.94. The Balaban J connectivity index is 0.000000248. The maximum Gasteiger partial charge on any atom is 0.263 e. The molecule has 0 aliphatic carbocycles. The molecule has 3 rings (SSSR count). The first-order valence-electron chi connectivity index (χ1n) is 9.56. The number of hydrogen-bond acceptors (Lipinski definition) is 5. The van der Waals surface area contributed by atoms with Gasteiger partial charge in [-0.1, -0.05) is 53.8 Å². The van der Waals surface area contributed by atoms with Crippen molar-refractivity contribution < 1.29 is 13.2 Å². The number of alkyl halides is 3. The minimum absolute atomic E-state index is 0.262. The number of aromatic nitrogens is 2. The summed E-state index contributed by atoms with van der Waals surface area (Å²) in [5, 5.41) is 6.45. The van der Waals surface area contributed by atoms with E-state index in [9.17, 15) is 13.2 Å². The Labute approximate surface area is 184 Å². The smallest absolute Gasteiger partial charge is 0.263 e. The van der Waals surface area contributed by atoms with Crippen LogP contribution in [0.1, 0.15) is 6.92 Å². The van der Waals surface area contributed by atoms with Crippen LogP contribution >= 0.6 is 11.3 Å². The van der Waals surface area contributed by atoms with E-state index >= 15 is 0 Å². The molecule has 0 saturated heterocycles. The average Bonchev–Trinajstić information content (AvgIpc) is 3.25. The molecule has 0 bridgehead atoms. The third-order valence-electron chi connectivity index (χ3n) is 4.09. The molecule has 0 aliphatic rings. The highest BCUT2D eigenvalue weighted by Gasteiger charge is 2.05. The summed E-state index contributed by atoms with van der Waals surface area (Å²) in [6, 6.07) is 8.37. The summed E-state index contributed by atoms with van der Waals surface area (Å²) < 4.78 is 35.3. The number of hydrogen-bond donors (Lipinski definition) is 2. The number of nitrogens with one attached hydrogen (secondary N) is 1. The average molecular weight is 447 g/mol. The summed E-state index contributed by atoms with van der Waals surface area (Å²) in [5.41, 5.74) is 6.99. The summed E-state index contributed by atoms with van der Waals surface area (Å²) in [7, 11) is 0. The van der Waals surface area contributed by atoms with Gasteiger partial charge in [-0.05, 0) is 30.0 Å². The maximum absolute atomic E-state index is 11.8. The van der Waals surface area contributed by atoms with Crippen LogP contribution in [0.3, 0.4) is 0 Å². The number of anilines is 1. The number of nitrogens with two attached hydrogens (primary N) is 1. The third kappa shape index (κ3) is 7.99. The Morgan fingerprint density at radius 1 is 1.23 bits per heavy atom. The molecule has 8 heteroatoms. The van der Waals surface area contributed by atoms with Crippen molar-refractivity contribution in [2.45, 2.75) is 13.3 Å². The van der Waals surface area contributed by atoms with Crippen LogP contribution < -0.4 is 11.1 Å². The van der Waals surface area contributed by atoms with Crippen molar-refractivity contribution in [3.8, 4) is 10.4 Å². The van der Waals surface area contributed by atoms with Crippen molar-refractivity contribution in [1.82, 2.24) is 9.97 Å². The van der Waals surface area contributed by atoms with Crippen LogP contribution in [0.4, 0.5) is 18.3 Å². The van der Waals surface area contributed by atoms with Crippen LogP contribution in [0.2, 0.25) is 0 Å². The maximum atomic E-state index is 11.8. The van der Waals surface area contributed by atoms with E-state index in [-0.39, 0.29) is 5.57 Å². The molecule has 3 aromatic rings. The number of allylic oxidation sites excluding steroid dienone is 5. The molecular formula is C23H25F3N4S. The topological polar surface area (TPSA) is 63.8 Å². The lowest BCUT2D eigenvalue weighted by Gasteiger charge is -2.00. The number of fused-ring (bicyclic) bond motifs is 1. The van der Waals surface area contributed by atoms with E-state index in [1.54, 1.807) is 18.3 Å². The highest BCUT2D eigenvalue weighted by molar-refractivity contribution is 7.18. The summed E-state index contributed by atoms with van der Waals surface area (Å²) in [4.78, 5) is 9.62. The molecule has 0 fully saturated rings. The molecule has 0 atom stereocenters. The minimum Gasteiger partial charge on any atom is -0.360 e. The van der Waals surface area contributed by atoms with E-state index in [1.807, 2.05) is 24.7 Å². The molecule has 3 N–H and O–H groups in total. The van der Waals surface area contributed by atoms with Gasteiger partial charge in [0.05, 0.1) is 4.88 Å². The molecule has 31 heavy (non-hydrogen) atoms. The first-order valence-corrected chi connectivity index (χ1v) is 10.4. The van der Waals surface area contributed by atoms with E-state index in [1.165, 1.54) is 29.2 Å². The standard InChI is InChI=1S/C14H14N4S.C9H11F3/c15-4-6-17-14-18-9-13(19-14)11-1-2-12-8-16-5-3-10(12)7-11;1-7(5-6-10)3-4-8(2)9(11)12/h1-3,5,7-9H,4,6,15H2,(H,17,18);3-5,9H,2,6H2,1H3/b;4-3-,7-5-. The van der Waals surface area contributed by atoms with Gasteiger partial charge in [-0.2, -0.15) is 0 Å². The molecule has 0 unspecified atom stereocenters. The van der Waals surface area contributed by atoms with Crippen LogP contribution in [-0.4, -0.2) is 36.2 Å². The van der Waals surface area contributed by atoms with Gasteiger partial charge in [-0.3, -0.25) is 4.98 Å². The fourth-order valence-corrected chi connectivity index (χ4v) is 3.24. The predicted molar refractivity (Wildman–Crippen MR) is 124 cm³/mol. The van der Waals surface area contributed by atoms with Crippen LogP contribution in [0, 0.1) is 0 Å². The molecule has 1 aromatic carbocycles. The Morgan fingerprint density at radius 2 is 2.03 bits per heavy atom. The Kier molecular flexibility index (Phi) is 9.93. The molecule has 2 heterocycles. The van der Waals surface area contributed by atoms with Crippen molar-refractivity contribution in [1.29, 1.82) is 0 Å². The van der Waals surface area contributed by atoms with E-state index < -0.39 is 13.1 Å². The van der Waals surface area contributed by atoms with Gasteiger partial charge in [0.25, 0.3) is 6.43 Å². The number of thiazole rings is 1. The Hall–Kier alpha value is -2.97. The van der Waals surface area contributed by atoms with Crippen LogP contribution in [0.25, 0.3) is 21.2 Å². The molecule has 0 radical (unpaired) electrons. The third-order valence-corrected chi connectivity index (χ3v) is 5.10. The highest BCUT2D eigenvalue weighted by Crippen LogP contribution is 2.30. The first kappa shape index (κ1) is 24.3. The molecule has 164 valence electrons. The van der Waals surface area contributed by atoms with Gasteiger partial charge < -0.3 is 11.1 Å². The van der Waals surface area contributed by atoms with Crippen molar-refractivity contribution in [3.05, 3.63) is 78.8 Å². The second kappa shape index (κ2) is 12.7. The molecule has 0 saturated carbocycles. The SMILES string of the molecule is C=C(/C=C\C(C)=C/CF)C(F)F.NCCNc1ncc(-c2ccc3cnccc3c2)s1. The van der Waals surface area contributed by atoms with E-state index in [0.717, 1.165) is 21.9 Å². The normalized spacial score (nSPS) is 11.6. The van der Waals surface area contributed by atoms with Crippen LogP contribution in [-0.2, 0) is 0 Å². The number of pyridine rings is 1. The zero-order valence-corrected chi connectivity index (χ0v) is 18.0. The first-order chi connectivity index (χ1) is 14.9.